The van der Waals surface area contributed by atoms with Crippen LogP contribution in [0.25, 0.3) is 0 Å². The maximum absolute atomic E-state index is 11.3. The van der Waals surface area contributed by atoms with Gasteiger partial charge in [-0.15, -0.1) is 0 Å². The number of ketones is 1. The van der Waals surface area contributed by atoms with Crippen molar-refractivity contribution >= 4 is 22.6 Å². The molecule has 0 heterocycles. The average molecular weight is 234 g/mol. The second-order valence-electron chi connectivity index (χ2n) is 3.67. The van der Waals surface area contributed by atoms with Crippen molar-refractivity contribution in [2.45, 2.75) is 27.2 Å². The molecule has 0 saturated heterocycles. The normalized spacial score (nSPS) is 12.5. The standard InChI is InChI=1S/C10H18O4S/c1-4-14-10(12)5-9(11)7-15(13)6-8(2)3/h8H,4-7H2,1-3H3. The molecule has 0 N–H and O–H groups in total. The van der Waals surface area contributed by atoms with Gasteiger partial charge in [-0.1, -0.05) is 13.8 Å². The van der Waals surface area contributed by atoms with Gasteiger partial charge in [0, 0.05) is 16.6 Å². The molecule has 0 aliphatic carbocycles. The molecule has 0 bridgehead atoms. The first-order chi connectivity index (χ1) is 6.95. The third-order valence-corrected chi connectivity index (χ3v) is 3.17. The molecule has 0 aliphatic rings. The van der Waals surface area contributed by atoms with Gasteiger partial charge in [-0.2, -0.15) is 0 Å². The third-order valence-electron chi connectivity index (χ3n) is 1.49. The highest BCUT2D eigenvalue weighted by Crippen LogP contribution is 1.98. The zero-order valence-electron chi connectivity index (χ0n) is 9.45. The number of esters is 1. The molecular weight excluding hydrogens is 216 g/mol. The van der Waals surface area contributed by atoms with Crippen molar-refractivity contribution in [3.63, 3.8) is 0 Å². The predicted octanol–water partition coefficient (Wildman–Crippen LogP) is 0.913. The van der Waals surface area contributed by atoms with E-state index < -0.39 is 16.8 Å². The highest BCUT2D eigenvalue weighted by atomic mass is 32.2. The van der Waals surface area contributed by atoms with E-state index in [0.29, 0.717) is 11.7 Å². The van der Waals surface area contributed by atoms with Gasteiger partial charge in [0.25, 0.3) is 0 Å². The van der Waals surface area contributed by atoms with E-state index in [9.17, 15) is 13.8 Å². The number of hydrogen-bond acceptors (Lipinski definition) is 4. The van der Waals surface area contributed by atoms with Gasteiger partial charge < -0.3 is 4.74 Å². The monoisotopic (exact) mass is 234 g/mol. The van der Waals surface area contributed by atoms with Crippen molar-refractivity contribution in [1.82, 2.24) is 0 Å². The summed E-state index contributed by atoms with van der Waals surface area (Å²) in [5, 5.41) is 0. The molecule has 1 atom stereocenters. The lowest BCUT2D eigenvalue weighted by atomic mass is 10.3. The molecule has 0 fully saturated rings. The fourth-order valence-corrected chi connectivity index (χ4v) is 2.36. The number of ether oxygens (including phenoxy) is 1. The summed E-state index contributed by atoms with van der Waals surface area (Å²) in [5.74, 6) is -0.108. The Morgan fingerprint density at radius 1 is 1.33 bits per heavy atom. The maximum atomic E-state index is 11.3. The van der Waals surface area contributed by atoms with Gasteiger partial charge in [-0.05, 0) is 12.8 Å². The molecule has 0 saturated carbocycles. The average Bonchev–Trinajstić information content (AvgIpc) is 2.00. The summed E-state index contributed by atoms with van der Waals surface area (Å²) in [6.07, 6.45) is -0.266. The van der Waals surface area contributed by atoms with E-state index in [0.717, 1.165) is 0 Å². The molecule has 0 aliphatic heterocycles. The van der Waals surface area contributed by atoms with Crippen LogP contribution in [0.3, 0.4) is 0 Å². The molecule has 0 amide bonds. The van der Waals surface area contributed by atoms with Crippen molar-refractivity contribution < 1.29 is 18.5 Å². The Bertz CT molecular complexity index is 248. The highest BCUT2D eigenvalue weighted by Gasteiger charge is 2.14. The van der Waals surface area contributed by atoms with Crippen LogP contribution in [-0.2, 0) is 25.1 Å². The summed E-state index contributed by atoms with van der Waals surface area (Å²) < 4.78 is 16.0. The van der Waals surface area contributed by atoms with Gasteiger partial charge in [0.15, 0.2) is 5.78 Å². The predicted molar refractivity (Wildman–Crippen MR) is 59.0 cm³/mol. The van der Waals surface area contributed by atoms with Gasteiger partial charge in [0.05, 0.1) is 12.4 Å². The van der Waals surface area contributed by atoms with Crippen LogP contribution < -0.4 is 0 Å². The van der Waals surface area contributed by atoms with Crippen LogP contribution in [0, 0.1) is 5.92 Å². The summed E-state index contributed by atoms with van der Waals surface area (Å²) in [7, 11) is -1.16. The van der Waals surface area contributed by atoms with Crippen LogP contribution in [-0.4, -0.2) is 34.1 Å². The van der Waals surface area contributed by atoms with Crippen molar-refractivity contribution in [1.29, 1.82) is 0 Å². The lowest BCUT2D eigenvalue weighted by Gasteiger charge is -2.04. The van der Waals surface area contributed by atoms with Gasteiger partial charge in [0.1, 0.15) is 6.42 Å². The highest BCUT2D eigenvalue weighted by molar-refractivity contribution is 7.85. The summed E-state index contributed by atoms with van der Waals surface area (Å²) >= 11 is 0. The zero-order chi connectivity index (χ0) is 11.8. The molecule has 0 aromatic carbocycles. The number of hydrogen-bond donors (Lipinski definition) is 0. The summed E-state index contributed by atoms with van der Waals surface area (Å²) in [4.78, 5) is 22.1. The largest absolute Gasteiger partial charge is 0.466 e. The second kappa shape index (κ2) is 7.56. The minimum atomic E-state index is -1.16. The molecule has 5 heteroatoms. The van der Waals surface area contributed by atoms with Crippen molar-refractivity contribution in [3.05, 3.63) is 0 Å². The molecule has 0 spiro atoms. The molecule has 0 rings (SSSR count). The fourth-order valence-electron chi connectivity index (χ4n) is 1.03. The van der Waals surface area contributed by atoms with Gasteiger partial charge in [-0.3, -0.25) is 13.8 Å². The van der Waals surface area contributed by atoms with E-state index >= 15 is 0 Å². The van der Waals surface area contributed by atoms with Crippen LogP contribution in [0.2, 0.25) is 0 Å². The van der Waals surface area contributed by atoms with E-state index in [2.05, 4.69) is 4.74 Å². The second-order valence-corrected chi connectivity index (χ2v) is 5.17. The Kier molecular flexibility index (Phi) is 7.21. The van der Waals surface area contributed by atoms with Crippen LogP contribution in [0.4, 0.5) is 0 Å². The third kappa shape index (κ3) is 8.30. The topological polar surface area (TPSA) is 60.4 Å². The molecule has 15 heavy (non-hydrogen) atoms. The molecule has 88 valence electrons. The minimum absolute atomic E-state index is 0.0446. The number of Topliss-reactive ketones (excluding diaryl/α,β-unsaturated/α-hetero) is 1. The molecule has 0 aromatic rings. The lowest BCUT2D eigenvalue weighted by Crippen LogP contribution is -2.19. The van der Waals surface area contributed by atoms with Crippen molar-refractivity contribution in [2.24, 2.45) is 5.92 Å². The zero-order valence-corrected chi connectivity index (χ0v) is 10.3. The van der Waals surface area contributed by atoms with Crippen LogP contribution in [0.5, 0.6) is 0 Å². The fraction of sp³-hybridized carbons (Fsp3) is 0.800. The van der Waals surface area contributed by atoms with E-state index in [1.807, 2.05) is 13.8 Å². The summed E-state index contributed by atoms with van der Waals surface area (Å²) in [5.41, 5.74) is 0. The molecule has 4 nitrogen and oxygen atoms in total. The van der Waals surface area contributed by atoms with Gasteiger partial charge >= 0.3 is 5.97 Å². The van der Waals surface area contributed by atoms with Crippen LogP contribution in [0.15, 0.2) is 0 Å². The first kappa shape index (κ1) is 14.3. The Morgan fingerprint density at radius 2 is 1.93 bits per heavy atom. The molecular formula is C10H18O4S. The van der Waals surface area contributed by atoms with E-state index in [-0.39, 0.29) is 24.6 Å². The first-order valence-electron chi connectivity index (χ1n) is 4.98. The van der Waals surface area contributed by atoms with Crippen molar-refractivity contribution in [3.8, 4) is 0 Å². The number of carbonyl (C=O) groups is 2. The van der Waals surface area contributed by atoms with Crippen molar-refractivity contribution in [2.75, 3.05) is 18.1 Å². The lowest BCUT2D eigenvalue weighted by molar-refractivity contribution is -0.145. The molecule has 0 aromatic heterocycles. The smallest absolute Gasteiger partial charge is 0.313 e. The van der Waals surface area contributed by atoms with Gasteiger partial charge in [0.2, 0.25) is 0 Å². The minimum Gasteiger partial charge on any atom is -0.466 e. The summed E-state index contributed by atoms with van der Waals surface area (Å²) in [6.45, 7) is 5.82. The Labute approximate surface area is 92.8 Å². The Balaban J connectivity index is 3.83. The number of rotatable bonds is 7. The Morgan fingerprint density at radius 3 is 2.40 bits per heavy atom. The Hall–Kier alpha value is -0.710. The van der Waals surface area contributed by atoms with Crippen LogP contribution >= 0.6 is 0 Å². The van der Waals surface area contributed by atoms with E-state index in [4.69, 9.17) is 0 Å². The molecule has 0 radical (unpaired) electrons. The SMILES string of the molecule is CCOC(=O)CC(=O)CS(=O)CC(C)C. The number of carbonyl (C=O) groups excluding carboxylic acids is 2. The van der Waals surface area contributed by atoms with E-state index in [1.54, 1.807) is 6.92 Å². The quantitative estimate of drug-likeness (QED) is 0.485. The van der Waals surface area contributed by atoms with E-state index in [1.165, 1.54) is 0 Å². The molecule has 1 unspecified atom stereocenters. The van der Waals surface area contributed by atoms with Gasteiger partial charge in [-0.25, -0.2) is 0 Å². The van der Waals surface area contributed by atoms with Crippen LogP contribution in [0.1, 0.15) is 27.2 Å². The summed E-state index contributed by atoms with van der Waals surface area (Å²) in [6, 6.07) is 0. The first-order valence-corrected chi connectivity index (χ1v) is 6.46. The maximum Gasteiger partial charge on any atom is 0.313 e.